The van der Waals surface area contributed by atoms with E-state index >= 15 is 0 Å². The summed E-state index contributed by atoms with van der Waals surface area (Å²) < 4.78 is 23.7. The number of hydrogen-bond acceptors (Lipinski definition) is 4. The van der Waals surface area contributed by atoms with Crippen LogP contribution >= 0.6 is 0 Å². The maximum Gasteiger partial charge on any atom is 0.145 e. The lowest BCUT2D eigenvalue weighted by Gasteiger charge is -2.12. The van der Waals surface area contributed by atoms with Gasteiger partial charge in [0, 0.05) is 18.2 Å². The van der Waals surface area contributed by atoms with Gasteiger partial charge in [0.15, 0.2) is 0 Å². The topological polar surface area (TPSA) is 47.3 Å². The highest BCUT2D eigenvalue weighted by Crippen LogP contribution is 2.26. The number of rotatable bonds is 5. The first-order valence-corrected chi connectivity index (χ1v) is 6.19. The minimum atomic E-state index is -0.314. The molecule has 4 nitrogen and oxygen atoms in total. The summed E-state index contributed by atoms with van der Waals surface area (Å²) in [7, 11) is 0. The molecular formula is C14H17FN2O2. The molecule has 0 spiro atoms. The Kier molecular flexibility index (Phi) is 4.04. The second-order valence-electron chi connectivity index (χ2n) is 4.23. The van der Waals surface area contributed by atoms with Crippen molar-refractivity contribution in [2.24, 2.45) is 0 Å². The molecule has 5 heteroatoms. The van der Waals surface area contributed by atoms with E-state index in [0.717, 1.165) is 22.7 Å². The van der Waals surface area contributed by atoms with E-state index in [2.05, 4.69) is 10.5 Å². The largest absolute Gasteiger partial charge is 0.492 e. The molecule has 0 unspecified atom stereocenters. The minimum absolute atomic E-state index is 0.314. The lowest BCUT2D eigenvalue weighted by atomic mass is 10.2. The van der Waals surface area contributed by atoms with Gasteiger partial charge in [-0.25, -0.2) is 4.39 Å². The maximum atomic E-state index is 13.2. The average molecular weight is 264 g/mol. The standard InChI is InChI=1S/C14H17FN2O2/c1-4-18-14-7-11(15)5-6-13(14)16-8-12-9(2)17-19-10(12)3/h5-7,16H,4,8H2,1-3H3. The Morgan fingerprint density at radius 1 is 1.37 bits per heavy atom. The molecule has 0 amide bonds. The van der Waals surface area contributed by atoms with Gasteiger partial charge in [-0.05, 0) is 32.9 Å². The van der Waals surface area contributed by atoms with E-state index in [-0.39, 0.29) is 5.82 Å². The Morgan fingerprint density at radius 2 is 2.16 bits per heavy atom. The minimum Gasteiger partial charge on any atom is -0.492 e. The Balaban J connectivity index is 2.15. The summed E-state index contributed by atoms with van der Waals surface area (Å²) in [6, 6.07) is 4.44. The van der Waals surface area contributed by atoms with Gasteiger partial charge in [0.2, 0.25) is 0 Å². The predicted molar refractivity (Wildman–Crippen MR) is 70.9 cm³/mol. The molecule has 0 bridgehead atoms. The van der Waals surface area contributed by atoms with E-state index < -0.39 is 0 Å². The van der Waals surface area contributed by atoms with Gasteiger partial charge in [-0.3, -0.25) is 0 Å². The molecule has 0 saturated heterocycles. The Morgan fingerprint density at radius 3 is 2.79 bits per heavy atom. The Bertz CT molecular complexity index is 547. The Labute approximate surface area is 111 Å². The summed E-state index contributed by atoms with van der Waals surface area (Å²) in [4.78, 5) is 0. The number of benzene rings is 1. The van der Waals surface area contributed by atoms with E-state index in [1.54, 1.807) is 6.07 Å². The fourth-order valence-electron chi connectivity index (χ4n) is 1.86. The van der Waals surface area contributed by atoms with E-state index in [0.29, 0.717) is 18.9 Å². The molecule has 0 aliphatic rings. The predicted octanol–water partition coefficient (Wildman–Crippen LogP) is 3.44. The fourth-order valence-corrected chi connectivity index (χ4v) is 1.86. The molecule has 1 N–H and O–H groups in total. The van der Waals surface area contributed by atoms with Crippen LogP contribution in [0.25, 0.3) is 0 Å². The van der Waals surface area contributed by atoms with Crippen molar-refractivity contribution >= 4 is 5.69 Å². The zero-order chi connectivity index (χ0) is 13.8. The smallest absolute Gasteiger partial charge is 0.145 e. The summed E-state index contributed by atoms with van der Waals surface area (Å²) in [6.07, 6.45) is 0. The number of nitrogens with zero attached hydrogens (tertiary/aromatic N) is 1. The van der Waals surface area contributed by atoms with Gasteiger partial charge in [-0.15, -0.1) is 0 Å². The van der Waals surface area contributed by atoms with Gasteiger partial charge in [-0.1, -0.05) is 5.16 Å². The van der Waals surface area contributed by atoms with Crippen LogP contribution in [-0.4, -0.2) is 11.8 Å². The summed E-state index contributed by atoms with van der Waals surface area (Å²) in [5, 5.41) is 7.11. The molecule has 0 aliphatic carbocycles. The molecular weight excluding hydrogens is 247 g/mol. The van der Waals surface area contributed by atoms with E-state index in [9.17, 15) is 4.39 Å². The lowest BCUT2D eigenvalue weighted by molar-refractivity contribution is 0.339. The molecule has 0 fully saturated rings. The van der Waals surface area contributed by atoms with Crippen molar-refractivity contribution < 1.29 is 13.7 Å². The summed E-state index contributed by atoms with van der Waals surface area (Å²) in [5.74, 6) is 0.977. The number of halogens is 1. The third-order valence-electron chi connectivity index (χ3n) is 2.88. The zero-order valence-corrected chi connectivity index (χ0v) is 11.3. The summed E-state index contributed by atoms with van der Waals surface area (Å²) in [5.41, 5.74) is 2.61. The SMILES string of the molecule is CCOc1cc(F)ccc1NCc1c(C)noc1C. The van der Waals surface area contributed by atoms with E-state index in [1.807, 2.05) is 20.8 Å². The van der Waals surface area contributed by atoms with Crippen LogP contribution in [0.3, 0.4) is 0 Å². The van der Waals surface area contributed by atoms with E-state index in [1.165, 1.54) is 12.1 Å². The molecule has 2 rings (SSSR count). The summed E-state index contributed by atoms with van der Waals surface area (Å²) in [6.45, 7) is 6.67. The van der Waals surface area contributed by atoms with E-state index in [4.69, 9.17) is 9.26 Å². The molecule has 1 aromatic heterocycles. The maximum absolute atomic E-state index is 13.2. The van der Waals surface area contributed by atoms with Crippen molar-refractivity contribution in [1.29, 1.82) is 0 Å². The monoisotopic (exact) mass is 264 g/mol. The molecule has 0 aliphatic heterocycles. The third-order valence-corrected chi connectivity index (χ3v) is 2.88. The van der Waals surface area contributed by atoms with Crippen LogP contribution in [0.5, 0.6) is 5.75 Å². The molecule has 2 aromatic rings. The van der Waals surface area contributed by atoms with Crippen LogP contribution in [0.4, 0.5) is 10.1 Å². The first-order valence-electron chi connectivity index (χ1n) is 6.19. The number of ether oxygens (including phenoxy) is 1. The van der Waals surface area contributed by atoms with Gasteiger partial charge >= 0.3 is 0 Å². The average Bonchev–Trinajstić information content (AvgIpc) is 2.69. The molecule has 0 saturated carbocycles. The molecule has 0 atom stereocenters. The molecule has 1 aromatic carbocycles. The van der Waals surface area contributed by atoms with Gasteiger partial charge in [0.25, 0.3) is 0 Å². The number of nitrogens with one attached hydrogen (secondary N) is 1. The van der Waals surface area contributed by atoms with Crippen molar-refractivity contribution in [3.05, 3.63) is 41.0 Å². The highest BCUT2D eigenvalue weighted by atomic mass is 19.1. The second kappa shape index (κ2) is 5.73. The van der Waals surface area contributed by atoms with Crippen molar-refractivity contribution in [3.63, 3.8) is 0 Å². The lowest BCUT2D eigenvalue weighted by Crippen LogP contribution is -2.04. The quantitative estimate of drug-likeness (QED) is 0.898. The third kappa shape index (κ3) is 3.05. The van der Waals surface area contributed by atoms with Crippen LogP contribution in [0.1, 0.15) is 23.9 Å². The molecule has 19 heavy (non-hydrogen) atoms. The van der Waals surface area contributed by atoms with Crippen molar-refractivity contribution in [2.75, 3.05) is 11.9 Å². The fraction of sp³-hybridized carbons (Fsp3) is 0.357. The highest BCUT2D eigenvalue weighted by Gasteiger charge is 2.10. The summed E-state index contributed by atoms with van der Waals surface area (Å²) >= 11 is 0. The van der Waals surface area contributed by atoms with Gasteiger partial charge < -0.3 is 14.6 Å². The number of aryl methyl sites for hydroxylation is 2. The zero-order valence-electron chi connectivity index (χ0n) is 11.3. The van der Waals surface area contributed by atoms with Gasteiger partial charge in [-0.2, -0.15) is 0 Å². The number of aromatic nitrogens is 1. The first kappa shape index (κ1) is 13.4. The second-order valence-corrected chi connectivity index (χ2v) is 4.23. The first-order chi connectivity index (χ1) is 9.11. The van der Waals surface area contributed by atoms with Crippen LogP contribution in [-0.2, 0) is 6.54 Å². The van der Waals surface area contributed by atoms with Crippen LogP contribution in [0.2, 0.25) is 0 Å². The molecule has 1 heterocycles. The van der Waals surface area contributed by atoms with Crippen LogP contribution < -0.4 is 10.1 Å². The van der Waals surface area contributed by atoms with Crippen molar-refractivity contribution in [3.8, 4) is 5.75 Å². The number of anilines is 1. The molecule has 102 valence electrons. The normalized spacial score (nSPS) is 10.5. The van der Waals surface area contributed by atoms with Crippen molar-refractivity contribution in [2.45, 2.75) is 27.3 Å². The van der Waals surface area contributed by atoms with Gasteiger partial charge in [0.1, 0.15) is 17.3 Å². The Hall–Kier alpha value is -2.04. The van der Waals surface area contributed by atoms with Crippen LogP contribution in [0, 0.1) is 19.7 Å². The van der Waals surface area contributed by atoms with Crippen LogP contribution in [0.15, 0.2) is 22.7 Å². The number of hydrogen-bond donors (Lipinski definition) is 1. The van der Waals surface area contributed by atoms with Gasteiger partial charge in [0.05, 0.1) is 18.0 Å². The molecule has 0 radical (unpaired) electrons. The van der Waals surface area contributed by atoms with Crippen molar-refractivity contribution in [1.82, 2.24) is 5.16 Å². The highest BCUT2D eigenvalue weighted by molar-refractivity contribution is 5.56.